The second kappa shape index (κ2) is 9.50. The molecule has 2 heterocycles. The summed E-state index contributed by atoms with van der Waals surface area (Å²) in [6.07, 6.45) is 2.62. The molecule has 3 N–H and O–H groups in total. The van der Waals surface area contributed by atoms with E-state index in [9.17, 15) is 18.4 Å². The first-order valence-electron chi connectivity index (χ1n) is 10.6. The van der Waals surface area contributed by atoms with Crippen molar-refractivity contribution >= 4 is 33.2 Å². The molecule has 0 unspecified atom stereocenters. The number of rotatable bonds is 8. The van der Waals surface area contributed by atoms with Crippen molar-refractivity contribution in [1.29, 1.82) is 0 Å². The van der Waals surface area contributed by atoms with Crippen LogP contribution < -0.4 is 15.8 Å². The van der Waals surface area contributed by atoms with E-state index in [1.54, 1.807) is 53.4 Å². The van der Waals surface area contributed by atoms with Crippen LogP contribution in [0.1, 0.15) is 31.8 Å². The van der Waals surface area contributed by atoms with E-state index in [1.165, 1.54) is 18.5 Å². The number of aromatic nitrogens is 1. The number of carbonyl (C=O) groups excluding carboxylic acids is 2. The highest BCUT2D eigenvalue weighted by molar-refractivity contribution is 6.39. The summed E-state index contributed by atoms with van der Waals surface area (Å²) < 4.78 is 31.6. The molecular formula is C24H20B2F2N4O3. The summed E-state index contributed by atoms with van der Waals surface area (Å²) in [5.41, 5.74) is 7.39. The van der Waals surface area contributed by atoms with E-state index in [0.717, 1.165) is 5.56 Å². The van der Waals surface area contributed by atoms with E-state index in [-0.39, 0.29) is 30.3 Å². The van der Waals surface area contributed by atoms with E-state index in [0.29, 0.717) is 23.4 Å². The highest BCUT2D eigenvalue weighted by Gasteiger charge is 2.43. The van der Waals surface area contributed by atoms with Crippen LogP contribution >= 0.6 is 0 Å². The zero-order valence-corrected chi connectivity index (χ0v) is 18.6. The van der Waals surface area contributed by atoms with Gasteiger partial charge in [-0.1, -0.05) is 24.3 Å². The number of hydrogen-bond donors (Lipinski definition) is 2. The smallest absolute Gasteiger partial charge is 0.272 e. The molecule has 4 radical (unpaired) electrons. The minimum Gasteiger partial charge on any atom is -0.501 e. The first-order chi connectivity index (χ1) is 16.5. The third-order valence-corrected chi connectivity index (χ3v) is 5.39. The van der Waals surface area contributed by atoms with E-state index in [4.69, 9.17) is 26.2 Å². The van der Waals surface area contributed by atoms with Crippen LogP contribution in [0.5, 0.6) is 5.75 Å². The van der Waals surface area contributed by atoms with Gasteiger partial charge in [0.05, 0.1) is 24.8 Å². The SMILES string of the molecule is [B]C([B])(Oc1cncc(C(N)=O)c1)c1cccc(NC(=O)c2ccc(CN3CC(F)(F)C3)cc2)c1. The van der Waals surface area contributed by atoms with Gasteiger partial charge >= 0.3 is 0 Å². The standard InChI is InChI=1S/C24H20B2F2N4O3/c25-24(26,35-20-8-17(21(29)33)10-30-11-20)18-2-1-3-19(9-18)31-22(34)16-6-4-15(5-7-16)12-32-13-23(27,28)14-32/h1-11H,12-14H2,(H2,29,33)(H,31,34). The lowest BCUT2D eigenvalue weighted by atomic mass is 9.61. The number of alkyl halides is 2. The fourth-order valence-electron chi connectivity index (χ4n) is 3.65. The Balaban J connectivity index is 1.40. The van der Waals surface area contributed by atoms with Crippen LogP contribution in [0, 0.1) is 0 Å². The number of benzene rings is 2. The number of nitrogens with one attached hydrogen (secondary N) is 1. The molecule has 0 aliphatic carbocycles. The molecule has 4 rings (SSSR count). The minimum atomic E-state index is -2.62. The molecular weight excluding hydrogens is 452 g/mol. The monoisotopic (exact) mass is 472 g/mol. The zero-order chi connectivity index (χ0) is 25.2. The summed E-state index contributed by atoms with van der Waals surface area (Å²) >= 11 is 0. The predicted octanol–water partition coefficient (Wildman–Crippen LogP) is 2.41. The maximum Gasteiger partial charge on any atom is 0.272 e. The van der Waals surface area contributed by atoms with Crippen LogP contribution in [0.15, 0.2) is 67.0 Å². The van der Waals surface area contributed by atoms with Gasteiger partial charge in [0.1, 0.15) is 21.4 Å². The van der Waals surface area contributed by atoms with Crippen LogP contribution in [0.2, 0.25) is 0 Å². The van der Waals surface area contributed by atoms with Crippen LogP contribution in [0.4, 0.5) is 14.5 Å². The van der Waals surface area contributed by atoms with Gasteiger partial charge in [0, 0.05) is 29.4 Å². The summed E-state index contributed by atoms with van der Waals surface area (Å²) in [6, 6.07) is 14.6. The molecule has 11 heteroatoms. The summed E-state index contributed by atoms with van der Waals surface area (Å²) in [5, 5.41) is 0.966. The molecule has 7 nitrogen and oxygen atoms in total. The average molecular weight is 472 g/mol. The van der Waals surface area contributed by atoms with Gasteiger partial charge < -0.3 is 15.8 Å². The Morgan fingerprint density at radius 1 is 1.09 bits per heavy atom. The van der Waals surface area contributed by atoms with Gasteiger partial charge in [-0.15, -0.1) is 0 Å². The highest BCUT2D eigenvalue weighted by Crippen LogP contribution is 2.28. The zero-order valence-electron chi connectivity index (χ0n) is 18.6. The molecule has 174 valence electrons. The van der Waals surface area contributed by atoms with Crippen molar-refractivity contribution in [3.63, 3.8) is 0 Å². The molecule has 1 aliphatic rings. The van der Waals surface area contributed by atoms with Crippen molar-refractivity contribution in [1.82, 2.24) is 9.88 Å². The molecule has 0 bridgehead atoms. The predicted molar refractivity (Wildman–Crippen MR) is 128 cm³/mol. The van der Waals surface area contributed by atoms with Gasteiger partial charge in [-0.25, -0.2) is 8.78 Å². The number of amides is 2. The van der Waals surface area contributed by atoms with E-state index in [2.05, 4.69) is 10.3 Å². The molecule has 3 aromatic rings. The average Bonchev–Trinajstić information content (AvgIpc) is 2.78. The number of hydrogen-bond acceptors (Lipinski definition) is 5. The Morgan fingerprint density at radius 2 is 1.80 bits per heavy atom. The fourth-order valence-corrected chi connectivity index (χ4v) is 3.65. The molecule has 1 aromatic heterocycles. The molecule has 0 spiro atoms. The lowest BCUT2D eigenvalue weighted by Crippen LogP contribution is -2.55. The maximum absolute atomic E-state index is 13.0. The number of carbonyl (C=O) groups is 2. The van der Waals surface area contributed by atoms with Crippen LogP contribution in [-0.2, 0) is 11.9 Å². The third kappa shape index (κ3) is 6.05. The number of nitrogens with zero attached hydrogens (tertiary/aromatic N) is 2. The topological polar surface area (TPSA) is 97.5 Å². The van der Waals surface area contributed by atoms with Crippen LogP contribution in [0.25, 0.3) is 0 Å². The van der Waals surface area contributed by atoms with Crippen LogP contribution in [-0.4, -0.2) is 56.4 Å². The minimum absolute atomic E-state index is 0.133. The van der Waals surface area contributed by atoms with Crippen LogP contribution in [0.3, 0.4) is 0 Å². The molecule has 1 saturated heterocycles. The van der Waals surface area contributed by atoms with Gasteiger partial charge in [0.15, 0.2) is 0 Å². The first kappa shape index (κ1) is 24.4. The molecule has 0 atom stereocenters. The number of nitrogens with two attached hydrogens (primary N) is 1. The number of likely N-dealkylation sites (tertiary alicyclic amines) is 1. The highest BCUT2D eigenvalue weighted by atomic mass is 19.3. The van der Waals surface area contributed by atoms with Crippen molar-refractivity contribution in [3.8, 4) is 5.75 Å². The van der Waals surface area contributed by atoms with Crippen molar-refractivity contribution in [2.24, 2.45) is 5.73 Å². The number of primary amides is 1. The molecule has 1 fully saturated rings. The second-order valence-electron chi connectivity index (χ2n) is 8.40. The van der Waals surface area contributed by atoms with Gasteiger partial charge in [-0.2, -0.15) is 0 Å². The molecule has 2 amide bonds. The molecule has 1 aliphatic heterocycles. The Morgan fingerprint density at radius 3 is 2.46 bits per heavy atom. The number of halogens is 2. The second-order valence-corrected chi connectivity index (χ2v) is 8.40. The van der Waals surface area contributed by atoms with Crippen molar-refractivity contribution in [2.45, 2.75) is 17.9 Å². The summed E-state index contributed by atoms with van der Waals surface area (Å²) in [4.78, 5) is 29.6. The Labute approximate surface area is 203 Å². The Hall–Kier alpha value is -3.72. The Bertz CT molecular complexity index is 1250. The fraction of sp³-hybridized carbons (Fsp3) is 0.208. The lowest BCUT2D eigenvalue weighted by Gasteiger charge is -2.38. The quantitative estimate of drug-likeness (QED) is 0.491. The number of anilines is 1. The summed E-state index contributed by atoms with van der Waals surface area (Å²) in [6.45, 7) is -0.120. The third-order valence-electron chi connectivity index (χ3n) is 5.39. The normalized spacial score (nSPS) is 15.1. The van der Waals surface area contributed by atoms with Crippen molar-refractivity contribution < 1.29 is 23.1 Å². The van der Waals surface area contributed by atoms with E-state index in [1.807, 2.05) is 0 Å². The van der Waals surface area contributed by atoms with Gasteiger partial charge in [-0.3, -0.25) is 19.5 Å². The maximum atomic E-state index is 13.0. The summed E-state index contributed by atoms with van der Waals surface area (Å²) in [7, 11) is 12.3. The first-order valence-corrected chi connectivity index (χ1v) is 10.6. The largest absolute Gasteiger partial charge is 0.501 e. The molecule has 35 heavy (non-hydrogen) atoms. The lowest BCUT2D eigenvalue weighted by molar-refractivity contribution is -0.133. The van der Waals surface area contributed by atoms with Gasteiger partial charge in [0.2, 0.25) is 5.91 Å². The van der Waals surface area contributed by atoms with Gasteiger partial charge in [-0.05, 0) is 41.5 Å². The summed E-state index contributed by atoms with van der Waals surface area (Å²) in [5.74, 6) is -3.53. The number of ether oxygens (including phenoxy) is 1. The number of pyridine rings is 1. The van der Waals surface area contributed by atoms with E-state index >= 15 is 0 Å². The van der Waals surface area contributed by atoms with Gasteiger partial charge in [0.25, 0.3) is 11.8 Å². The molecule has 0 saturated carbocycles. The Kier molecular flexibility index (Phi) is 6.62. The van der Waals surface area contributed by atoms with Crippen molar-refractivity contribution in [2.75, 3.05) is 18.4 Å². The molecule has 2 aromatic carbocycles. The van der Waals surface area contributed by atoms with E-state index < -0.39 is 17.2 Å². The van der Waals surface area contributed by atoms with Crippen molar-refractivity contribution in [3.05, 3.63) is 89.2 Å².